The molecule has 0 aromatic heterocycles. The standard InChI is InChI=1S/C14H15ClN2O4/c15-10-4-2-1-3-9(10)5-6-13(19)17-8-12(18)16-7-11(17)14(20)21/h1-4,11H,5-8H2,(H,16,18)(H,20,21). The van der Waals surface area contributed by atoms with Crippen LogP contribution in [0.15, 0.2) is 24.3 Å². The third-order valence-corrected chi connectivity index (χ3v) is 3.72. The zero-order valence-corrected chi connectivity index (χ0v) is 12.0. The molecule has 1 fully saturated rings. The van der Waals surface area contributed by atoms with Crippen molar-refractivity contribution < 1.29 is 19.5 Å². The van der Waals surface area contributed by atoms with E-state index in [1.807, 2.05) is 12.1 Å². The molecule has 1 atom stereocenters. The summed E-state index contributed by atoms with van der Waals surface area (Å²) in [6.07, 6.45) is 0.518. The van der Waals surface area contributed by atoms with Gasteiger partial charge in [-0.15, -0.1) is 0 Å². The van der Waals surface area contributed by atoms with Gasteiger partial charge < -0.3 is 15.3 Å². The van der Waals surface area contributed by atoms with Crippen LogP contribution in [0.4, 0.5) is 0 Å². The molecular weight excluding hydrogens is 296 g/mol. The summed E-state index contributed by atoms with van der Waals surface area (Å²) in [5.74, 6) is -1.84. The van der Waals surface area contributed by atoms with Crippen molar-refractivity contribution in [2.45, 2.75) is 18.9 Å². The quantitative estimate of drug-likeness (QED) is 0.856. The summed E-state index contributed by atoms with van der Waals surface area (Å²) in [7, 11) is 0. The number of carboxylic acids is 1. The van der Waals surface area contributed by atoms with Crippen LogP contribution in [-0.2, 0) is 20.8 Å². The number of nitrogens with zero attached hydrogens (tertiary/aromatic N) is 1. The van der Waals surface area contributed by atoms with Crippen molar-refractivity contribution in [2.24, 2.45) is 0 Å². The van der Waals surface area contributed by atoms with Gasteiger partial charge in [0.1, 0.15) is 12.6 Å². The van der Waals surface area contributed by atoms with Gasteiger partial charge in [-0.1, -0.05) is 29.8 Å². The average Bonchev–Trinajstić information content (AvgIpc) is 2.45. The van der Waals surface area contributed by atoms with E-state index in [0.717, 1.165) is 10.5 Å². The van der Waals surface area contributed by atoms with Crippen molar-refractivity contribution in [1.82, 2.24) is 10.2 Å². The molecule has 2 rings (SSSR count). The highest BCUT2D eigenvalue weighted by molar-refractivity contribution is 6.31. The molecule has 1 aromatic carbocycles. The van der Waals surface area contributed by atoms with Gasteiger partial charge in [-0.05, 0) is 18.1 Å². The van der Waals surface area contributed by atoms with Crippen LogP contribution in [0, 0.1) is 0 Å². The third kappa shape index (κ3) is 3.72. The van der Waals surface area contributed by atoms with Crippen molar-refractivity contribution in [3.05, 3.63) is 34.9 Å². The SMILES string of the molecule is O=C1CN(C(=O)CCc2ccccc2Cl)C(C(=O)O)CN1. The van der Waals surface area contributed by atoms with Gasteiger partial charge in [0.25, 0.3) is 0 Å². The summed E-state index contributed by atoms with van der Waals surface area (Å²) >= 11 is 6.01. The lowest BCUT2D eigenvalue weighted by Crippen LogP contribution is -2.59. The van der Waals surface area contributed by atoms with Crippen LogP contribution in [-0.4, -0.2) is 46.9 Å². The first-order valence-electron chi connectivity index (χ1n) is 6.51. The number of hydrogen-bond acceptors (Lipinski definition) is 3. The maximum atomic E-state index is 12.2. The number of amides is 2. The first-order chi connectivity index (χ1) is 9.99. The molecule has 1 saturated heterocycles. The van der Waals surface area contributed by atoms with Gasteiger partial charge in [0.05, 0.1) is 0 Å². The summed E-state index contributed by atoms with van der Waals surface area (Å²) in [4.78, 5) is 35.8. The van der Waals surface area contributed by atoms with E-state index in [1.165, 1.54) is 0 Å². The fourth-order valence-corrected chi connectivity index (χ4v) is 2.44. The second-order valence-electron chi connectivity index (χ2n) is 4.77. The van der Waals surface area contributed by atoms with Gasteiger partial charge in [0, 0.05) is 18.0 Å². The zero-order valence-electron chi connectivity index (χ0n) is 11.2. The van der Waals surface area contributed by atoms with Gasteiger partial charge in [0.15, 0.2) is 0 Å². The second-order valence-corrected chi connectivity index (χ2v) is 5.18. The number of benzene rings is 1. The predicted molar refractivity (Wildman–Crippen MR) is 75.9 cm³/mol. The number of halogens is 1. The molecule has 6 nitrogen and oxygen atoms in total. The zero-order chi connectivity index (χ0) is 15.4. The van der Waals surface area contributed by atoms with Crippen LogP contribution >= 0.6 is 11.6 Å². The molecule has 2 N–H and O–H groups in total. The topological polar surface area (TPSA) is 86.7 Å². The minimum atomic E-state index is -1.12. The Balaban J connectivity index is 2.02. The van der Waals surface area contributed by atoms with Crippen LogP contribution < -0.4 is 5.32 Å². The lowest BCUT2D eigenvalue weighted by Gasteiger charge is -2.32. The maximum absolute atomic E-state index is 12.2. The molecule has 1 unspecified atom stereocenters. The Hall–Kier alpha value is -2.08. The molecule has 1 aliphatic rings. The number of rotatable bonds is 4. The Morgan fingerprint density at radius 2 is 2.10 bits per heavy atom. The number of hydrogen-bond donors (Lipinski definition) is 2. The molecule has 0 spiro atoms. The summed E-state index contributed by atoms with van der Waals surface area (Å²) in [5.41, 5.74) is 0.820. The second kappa shape index (κ2) is 6.58. The fourth-order valence-electron chi connectivity index (χ4n) is 2.21. The summed E-state index contributed by atoms with van der Waals surface area (Å²) in [6, 6.07) is 6.15. The average molecular weight is 311 g/mol. The van der Waals surface area contributed by atoms with Gasteiger partial charge in [-0.3, -0.25) is 9.59 Å². The Morgan fingerprint density at radius 1 is 1.38 bits per heavy atom. The molecule has 1 aliphatic heterocycles. The van der Waals surface area contributed by atoms with Crippen LogP contribution in [0.5, 0.6) is 0 Å². The number of piperazine rings is 1. The van der Waals surface area contributed by atoms with Crippen molar-refractivity contribution in [3.63, 3.8) is 0 Å². The molecule has 21 heavy (non-hydrogen) atoms. The van der Waals surface area contributed by atoms with E-state index in [-0.39, 0.29) is 31.3 Å². The van der Waals surface area contributed by atoms with Gasteiger partial charge in [0.2, 0.25) is 11.8 Å². The minimum Gasteiger partial charge on any atom is -0.480 e. The normalized spacial score (nSPS) is 18.2. The van der Waals surface area contributed by atoms with Gasteiger partial charge in [-0.25, -0.2) is 4.79 Å². The number of aryl methyl sites for hydroxylation is 1. The van der Waals surface area contributed by atoms with Gasteiger partial charge in [-0.2, -0.15) is 0 Å². The summed E-state index contributed by atoms with van der Waals surface area (Å²) < 4.78 is 0. The maximum Gasteiger partial charge on any atom is 0.328 e. The van der Waals surface area contributed by atoms with Crippen molar-refractivity contribution in [3.8, 4) is 0 Å². The van der Waals surface area contributed by atoms with E-state index in [2.05, 4.69) is 5.32 Å². The molecule has 2 amide bonds. The fraction of sp³-hybridized carbons (Fsp3) is 0.357. The van der Waals surface area contributed by atoms with E-state index in [9.17, 15) is 14.4 Å². The monoisotopic (exact) mass is 310 g/mol. The van der Waals surface area contributed by atoms with E-state index < -0.39 is 12.0 Å². The lowest BCUT2D eigenvalue weighted by molar-refractivity contribution is -0.154. The van der Waals surface area contributed by atoms with Crippen LogP contribution in [0.25, 0.3) is 0 Å². The Morgan fingerprint density at radius 3 is 2.76 bits per heavy atom. The highest BCUT2D eigenvalue weighted by atomic mass is 35.5. The molecule has 0 bridgehead atoms. The first-order valence-corrected chi connectivity index (χ1v) is 6.89. The van der Waals surface area contributed by atoms with Crippen molar-refractivity contribution in [2.75, 3.05) is 13.1 Å². The van der Waals surface area contributed by atoms with Crippen LogP contribution in [0.1, 0.15) is 12.0 Å². The molecule has 1 heterocycles. The molecule has 1 aromatic rings. The molecule has 7 heteroatoms. The smallest absolute Gasteiger partial charge is 0.328 e. The molecular formula is C14H15ClN2O4. The summed E-state index contributed by atoms with van der Waals surface area (Å²) in [5, 5.41) is 12.1. The van der Waals surface area contributed by atoms with Crippen molar-refractivity contribution in [1.29, 1.82) is 0 Å². The summed E-state index contributed by atoms with van der Waals surface area (Å²) in [6.45, 7) is -0.287. The predicted octanol–water partition coefficient (Wildman–Crippen LogP) is 0.684. The number of nitrogens with one attached hydrogen (secondary N) is 1. The molecule has 0 aliphatic carbocycles. The molecule has 112 valence electrons. The Kier molecular flexibility index (Phi) is 4.80. The molecule has 0 saturated carbocycles. The third-order valence-electron chi connectivity index (χ3n) is 3.35. The highest BCUT2D eigenvalue weighted by Gasteiger charge is 2.34. The Labute approximate surface area is 126 Å². The number of aliphatic carboxylic acids is 1. The highest BCUT2D eigenvalue weighted by Crippen LogP contribution is 2.17. The number of carboxylic acid groups (broad SMARTS) is 1. The number of carbonyl (C=O) groups excluding carboxylic acids is 2. The number of carbonyl (C=O) groups is 3. The van der Waals surface area contributed by atoms with E-state index in [0.29, 0.717) is 11.4 Å². The largest absolute Gasteiger partial charge is 0.480 e. The Bertz CT molecular complexity index is 576. The van der Waals surface area contributed by atoms with Crippen LogP contribution in [0.2, 0.25) is 5.02 Å². The molecule has 0 radical (unpaired) electrons. The van der Waals surface area contributed by atoms with Gasteiger partial charge >= 0.3 is 5.97 Å². The first kappa shape index (κ1) is 15.3. The van der Waals surface area contributed by atoms with E-state index >= 15 is 0 Å². The minimum absolute atomic E-state index is 0.0635. The van der Waals surface area contributed by atoms with Crippen LogP contribution in [0.3, 0.4) is 0 Å². The van der Waals surface area contributed by atoms with E-state index in [1.54, 1.807) is 12.1 Å². The lowest BCUT2D eigenvalue weighted by atomic mass is 10.1. The van der Waals surface area contributed by atoms with Crippen molar-refractivity contribution >= 4 is 29.4 Å². The van der Waals surface area contributed by atoms with E-state index in [4.69, 9.17) is 16.7 Å².